The van der Waals surface area contributed by atoms with E-state index in [-0.39, 0.29) is 30.5 Å². The molecule has 4 aromatic rings. The lowest BCUT2D eigenvalue weighted by molar-refractivity contribution is -0.183. The maximum atomic E-state index is 14.0. The van der Waals surface area contributed by atoms with Gasteiger partial charge in [-0.1, -0.05) is 12.1 Å². The first kappa shape index (κ1) is 20.8. The Morgan fingerprint density at radius 3 is 2.66 bits per heavy atom. The predicted molar refractivity (Wildman–Crippen MR) is 111 cm³/mol. The SMILES string of the molecule is Cc1cc(F)cc2ccc(-c3nnc4ccc([C@@H](N5CCC(N)C5)C(F)(F)F)cn34)nc12. The molecule has 1 aliphatic rings. The number of fused-ring (bicyclic) bond motifs is 2. The van der Waals surface area contributed by atoms with Crippen LogP contribution in [0.4, 0.5) is 17.6 Å². The smallest absolute Gasteiger partial charge is 0.326 e. The molecular formula is C22H20F4N6. The molecule has 0 amide bonds. The summed E-state index contributed by atoms with van der Waals surface area (Å²) < 4.78 is 57.3. The number of aryl methyl sites for hydroxylation is 1. The van der Waals surface area contributed by atoms with Gasteiger partial charge in [0.25, 0.3) is 0 Å². The number of nitrogens with two attached hydrogens (primary N) is 1. The number of benzene rings is 1. The molecule has 166 valence electrons. The molecule has 6 nitrogen and oxygen atoms in total. The fraction of sp³-hybridized carbons (Fsp3) is 0.318. The standard InChI is InChI=1S/C22H20F4N6/c1-12-8-15(23)9-13-2-4-17(28-19(12)13)21-30-29-18-5-3-14(10-32(18)21)20(22(24,25)26)31-7-6-16(27)11-31/h2-5,8-10,16,20H,6-7,11,27H2,1H3/t16?,20-/m1/s1. The summed E-state index contributed by atoms with van der Waals surface area (Å²) in [5.41, 5.74) is 8.02. The minimum Gasteiger partial charge on any atom is -0.326 e. The van der Waals surface area contributed by atoms with E-state index in [4.69, 9.17) is 5.73 Å². The monoisotopic (exact) mass is 444 g/mol. The van der Waals surface area contributed by atoms with Crippen LogP contribution in [-0.4, -0.2) is 49.8 Å². The van der Waals surface area contributed by atoms with Crippen molar-refractivity contribution in [3.05, 3.63) is 59.5 Å². The van der Waals surface area contributed by atoms with Crippen molar-refractivity contribution >= 4 is 16.6 Å². The van der Waals surface area contributed by atoms with E-state index in [0.29, 0.717) is 40.1 Å². The van der Waals surface area contributed by atoms with Gasteiger partial charge < -0.3 is 5.73 Å². The number of aromatic nitrogens is 4. The van der Waals surface area contributed by atoms with E-state index in [9.17, 15) is 17.6 Å². The molecule has 32 heavy (non-hydrogen) atoms. The van der Waals surface area contributed by atoms with Gasteiger partial charge >= 0.3 is 6.18 Å². The molecule has 3 aromatic heterocycles. The van der Waals surface area contributed by atoms with Crippen molar-refractivity contribution in [3.63, 3.8) is 0 Å². The fourth-order valence-electron chi connectivity index (χ4n) is 4.39. The number of hydrogen-bond acceptors (Lipinski definition) is 5. The first-order valence-electron chi connectivity index (χ1n) is 10.2. The zero-order valence-corrected chi connectivity index (χ0v) is 17.1. The third-order valence-corrected chi connectivity index (χ3v) is 5.85. The molecule has 2 atom stereocenters. The van der Waals surface area contributed by atoms with Crippen LogP contribution in [0.25, 0.3) is 28.1 Å². The second-order valence-electron chi connectivity index (χ2n) is 8.19. The van der Waals surface area contributed by atoms with Crippen LogP contribution in [0.2, 0.25) is 0 Å². The van der Waals surface area contributed by atoms with Crippen LogP contribution >= 0.6 is 0 Å². The van der Waals surface area contributed by atoms with Crippen molar-refractivity contribution in [2.75, 3.05) is 13.1 Å². The number of hydrogen-bond donors (Lipinski definition) is 1. The van der Waals surface area contributed by atoms with Crippen LogP contribution in [0.5, 0.6) is 0 Å². The Balaban J connectivity index is 1.62. The van der Waals surface area contributed by atoms with Crippen molar-refractivity contribution in [3.8, 4) is 11.5 Å². The van der Waals surface area contributed by atoms with Gasteiger partial charge in [-0.3, -0.25) is 9.30 Å². The second kappa shape index (κ2) is 7.49. The lowest BCUT2D eigenvalue weighted by Crippen LogP contribution is -2.38. The van der Waals surface area contributed by atoms with E-state index >= 15 is 0 Å². The number of halogens is 4. The lowest BCUT2D eigenvalue weighted by atomic mass is 10.1. The summed E-state index contributed by atoms with van der Waals surface area (Å²) in [4.78, 5) is 5.94. The molecule has 1 aliphatic heterocycles. The van der Waals surface area contributed by atoms with Crippen LogP contribution in [0.1, 0.15) is 23.6 Å². The minimum atomic E-state index is -4.46. The number of likely N-dealkylation sites (tertiary alicyclic amines) is 1. The zero-order chi connectivity index (χ0) is 22.6. The van der Waals surface area contributed by atoms with Gasteiger partial charge in [0, 0.05) is 30.7 Å². The number of pyridine rings is 2. The molecule has 5 rings (SSSR count). The van der Waals surface area contributed by atoms with Gasteiger partial charge in [0.05, 0.1) is 5.52 Å². The average molecular weight is 444 g/mol. The largest absolute Gasteiger partial charge is 0.408 e. The van der Waals surface area contributed by atoms with Crippen molar-refractivity contribution in [2.45, 2.75) is 31.6 Å². The molecule has 10 heteroatoms. The summed E-state index contributed by atoms with van der Waals surface area (Å²) in [5, 5.41) is 8.86. The minimum absolute atomic E-state index is 0.0826. The summed E-state index contributed by atoms with van der Waals surface area (Å²) >= 11 is 0. The van der Waals surface area contributed by atoms with E-state index in [1.54, 1.807) is 19.1 Å². The van der Waals surface area contributed by atoms with Crippen molar-refractivity contribution in [1.82, 2.24) is 24.5 Å². The molecule has 4 heterocycles. The van der Waals surface area contributed by atoms with Gasteiger partial charge in [0.2, 0.25) is 0 Å². The van der Waals surface area contributed by atoms with Crippen LogP contribution in [0.15, 0.2) is 42.6 Å². The first-order chi connectivity index (χ1) is 15.2. The quantitative estimate of drug-likeness (QED) is 0.483. The van der Waals surface area contributed by atoms with Gasteiger partial charge in [-0.15, -0.1) is 10.2 Å². The Hall–Kier alpha value is -3.11. The second-order valence-corrected chi connectivity index (χ2v) is 8.19. The Morgan fingerprint density at radius 2 is 1.94 bits per heavy atom. The fourth-order valence-corrected chi connectivity index (χ4v) is 4.39. The van der Waals surface area contributed by atoms with E-state index in [0.717, 1.165) is 0 Å². The Morgan fingerprint density at radius 1 is 1.12 bits per heavy atom. The third-order valence-electron chi connectivity index (χ3n) is 5.85. The van der Waals surface area contributed by atoms with E-state index in [2.05, 4.69) is 15.2 Å². The molecule has 0 spiro atoms. The average Bonchev–Trinajstić information content (AvgIpc) is 3.33. The highest BCUT2D eigenvalue weighted by molar-refractivity contribution is 5.83. The Labute approximate surface area is 180 Å². The number of alkyl halides is 3. The summed E-state index contributed by atoms with van der Waals surface area (Å²) in [6.07, 6.45) is -2.53. The first-order valence-corrected chi connectivity index (χ1v) is 10.2. The molecular weight excluding hydrogens is 424 g/mol. The normalized spacial score (nSPS) is 18.6. The van der Waals surface area contributed by atoms with Gasteiger partial charge in [0.1, 0.15) is 17.6 Å². The van der Waals surface area contributed by atoms with Crippen molar-refractivity contribution < 1.29 is 17.6 Å². The Bertz CT molecular complexity index is 1320. The number of rotatable bonds is 3. The molecule has 0 saturated carbocycles. The van der Waals surface area contributed by atoms with Crippen LogP contribution in [0.3, 0.4) is 0 Å². The maximum Gasteiger partial charge on any atom is 0.408 e. The van der Waals surface area contributed by atoms with Crippen LogP contribution < -0.4 is 5.73 Å². The van der Waals surface area contributed by atoms with E-state index < -0.39 is 12.2 Å². The molecule has 0 aliphatic carbocycles. The molecule has 2 N–H and O–H groups in total. The summed E-state index contributed by atoms with van der Waals surface area (Å²) in [5.74, 6) is -0.0477. The van der Waals surface area contributed by atoms with Crippen LogP contribution in [-0.2, 0) is 0 Å². The van der Waals surface area contributed by atoms with Crippen LogP contribution in [0, 0.1) is 12.7 Å². The lowest BCUT2D eigenvalue weighted by Gasteiger charge is -2.30. The summed E-state index contributed by atoms with van der Waals surface area (Å²) in [6, 6.07) is 7.03. The van der Waals surface area contributed by atoms with E-state index in [1.165, 1.54) is 39.8 Å². The zero-order valence-electron chi connectivity index (χ0n) is 17.1. The summed E-state index contributed by atoms with van der Waals surface area (Å²) in [6.45, 7) is 2.21. The van der Waals surface area contributed by atoms with E-state index in [1.807, 2.05) is 0 Å². The highest BCUT2D eigenvalue weighted by Gasteiger charge is 2.46. The Kier molecular flexibility index (Phi) is 4.86. The molecule has 1 aromatic carbocycles. The predicted octanol–water partition coefficient (Wildman–Crippen LogP) is 4.03. The third kappa shape index (κ3) is 3.59. The molecule has 0 bridgehead atoms. The van der Waals surface area contributed by atoms with Gasteiger partial charge in [-0.25, -0.2) is 9.37 Å². The maximum absolute atomic E-state index is 14.0. The van der Waals surface area contributed by atoms with Crippen molar-refractivity contribution in [1.29, 1.82) is 0 Å². The van der Waals surface area contributed by atoms with Gasteiger partial charge in [-0.2, -0.15) is 13.2 Å². The molecule has 0 radical (unpaired) electrons. The summed E-state index contributed by atoms with van der Waals surface area (Å²) in [7, 11) is 0. The highest BCUT2D eigenvalue weighted by atomic mass is 19.4. The van der Waals surface area contributed by atoms with Gasteiger partial charge in [-0.05, 0) is 48.7 Å². The topological polar surface area (TPSA) is 72.3 Å². The van der Waals surface area contributed by atoms with Crippen molar-refractivity contribution in [2.24, 2.45) is 5.73 Å². The van der Waals surface area contributed by atoms with Gasteiger partial charge in [0.15, 0.2) is 11.5 Å². The molecule has 1 fully saturated rings. The molecule has 1 saturated heterocycles. The molecule has 1 unspecified atom stereocenters. The number of nitrogens with zero attached hydrogens (tertiary/aromatic N) is 5. The highest BCUT2D eigenvalue weighted by Crippen LogP contribution is 2.39.